The molecule has 1 aromatic carbocycles. The molecule has 1 aromatic rings. The number of aliphatic hydroxyl groups excluding tert-OH is 1. The summed E-state index contributed by atoms with van der Waals surface area (Å²) in [6.07, 6.45) is -4.99. The van der Waals surface area contributed by atoms with E-state index in [1.807, 2.05) is 0 Å². The molecule has 138 valence electrons. The van der Waals surface area contributed by atoms with Crippen LogP contribution in [0.5, 0.6) is 0 Å². The smallest absolute Gasteiger partial charge is 0.417 e. The molecule has 0 aliphatic rings. The molecule has 1 atom stereocenters. The van der Waals surface area contributed by atoms with E-state index in [0.29, 0.717) is 12.1 Å². The molecule has 0 radical (unpaired) electrons. The SMILES string of the molecule is C=C(C)C(F)(CO)c1cc(C(=O)OC)c(C(F)(F)F)cc1C(=O)NC. The van der Waals surface area contributed by atoms with E-state index in [9.17, 15) is 27.9 Å². The van der Waals surface area contributed by atoms with Gasteiger partial charge in [-0.25, -0.2) is 9.18 Å². The van der Waals surface area contributed by atoms with Crippen LogP contribution >= 0.6 is 0 Å². The molecule has 1 rings (SSSR count). The number of esters is 1. The zero-order valence-corrected chi connectivity index (χ0v) is 13.8. The van der Waals surface area contributed by atoms with Crippen molar-refractivity contribution in [1.29, 1.82) is 0 Å². The van der Waals surface area contributed by atoms with Crippen molar-refractivity contribution in [3.8, 4) is 0 Å². The predicted octanol–water partition coefficient (Wildman–Crippen LogP) is 2.58. The first-order valence-corrected chi connectivity index (χ1v) is 6.95. The third kappa shape index (κ3) is 3.81. The molecule has 0 heterocycles. The van der Waals surface area contributed by atoms with Crippen molar-refractivity contribution >= 4 is 11.9 Å². The first-order chi connectivity index (χ1) is 11.4. The van der Waals surface area contributed by atoms with Gasteiger partial charge in [0.1, 0.15) is 0 Å². The Morgan fingerprint density at radius 1 is 1.20 bits per heavy atom. The van der Waals surface area contributed by atoms with Gasteiger partial charge in [-0.1, -0.05) is 6.58 Å². The number of alkyl halides is 4. The number of hydrogen-bond donors (Lipinski definition) is 2. The number of carbonyl (C=O) groups is 2. The van der Waals surface area contributed by atoms with Crippen LogP contribution in [-0.4, -0.2) is 37.7 Å². The van der Waals surface area contributed by atoms with Crippen LogP contribution < -0.4 is 5.32 Å². The average molecular weight is 363 g/mol. The van der Waals surface area contributed by atoms with E-state index >= 15 is 4.39 Å². The van der Waals surface area contributed by atoms with E-state index in [2.05, 4.69) is 16.6 Å². The molecule has 0 fully saturated rings. The molecular formula is C16H17F4NO4. The number of aliphatic hydroxyl groups is 1. The number of halogens is 4. The lowest BCUT2D eigenvalue weighted by Crippen LogP contribution is -2.32. The Kier molecular flexibility index (Phi) is 5.96. The molecule has 2 N–H and O–H groups in total. The minimum absolute atomic E-state index is 0.254. The number of hydrogen-bond acceptors (Lipinski definition) is 4. The number of methoxy groups -OCH3 is 1. The second kappa shape index (κ2) is 7.22. The zero-order chi connectivity index (χ0) is 19.6. The molecule has 0 aromatic heterocycles. The molecule has 1 unspecified atom stereocenters. The van der Waals surface area contributed by atoms with E-state index in [-0.39, 0.29) is 5.57 Å². The van der Waals surface area contributed by atoms with Crippen LogP contribution in [0.4, 0.5) is 17.6 Å². The summed E-state index contributed by atoms with van der Waals surface area (Å²) in [7, 11) is 2.01. The molecule has 0 spiro atoms. The third-order valence-electron chi connectivity index (χ3n) is 3.66. The number of ether oxygens (including phenoxy) is 1. The van der Waals surface area contributed by atoms with Gasteiger partial charge >= 0.3 is 12.1 Å². The number of amides is 1. The van der Waals surface area contributed by atoms with Gasteiger partial charge in [0.25, 0.3) is 5.91 Å². The van der Waals surface area contributed by atoms with Crippen molar-refractivity contribution in [3.05, 3.63) is 46.5 Å². The van der Waals surface area contributed by atoms with Gasteiger partial charge in [0.2, 0.25) is 0 Å². The molecular weight excluding hydrogens is 346 g/mol. The van der Waals surface area contributed by atoms with Crippen molar-refractivity contribution in [2.75, 3.05) is 20.8 Å². The summed E-state index contributed by atoms with van der Waals surface area (Å²) in [4.78, 5) is 23.7. The summed E-state index contributed by atoms with van der Waals surface area (Å²) in [6.45, 7) is 3.37. The highest BCUT2D eigenvalue weighted by molar-refractivity contribution is 5.99. The van der Waals surface area contributed by atoms with Crippen LogP contribution in [0.3, 0.4) is 0 Å². The lowest BCUT2D eigenvalue weighted by Gasteiger charge is -2.27. The highest BCUT2D eigenvalue weighted by Crippen LogP contribution is 2.40. The van der Waals surface area contributed by atoms with Crippen LogP contribution in [0.1, 0.15) is 38.8 Å². The molecule has 25 heavy (non-hydrogen) atoms. The molecule has 9 heteroatoms. The van der Waals surface area contributed by atoms with E-state index in [0.717, 1.165) is 14.2 Å². The molecule has 0 bridgehead atoms. The lowest BCUT2D eigenvalue weighted by molar-refractivity contribution is -0.138. The topological polar surface area (TPSA) is 75.6 Å². The third-order valence-corrected chi connectivity index (χ3v) is 3.66. The first kappa shape index (κ1) is 20.6. The molecule has 0 aliphatic carbocycles. The van der Waals surface area contributed by atoms with Gasteiger partial charge in [0.15, 0.2) is 5.67 Å². The molecule has 1 amide bonds. The van der Waals surface area contributed by atoms with Crippen LogP contribution in [0.15, 0.2) is 24.3 Å². The fourth-order valence-electron chi connectivity index (χ4n) is 2.21. The largest absolute Gasteiger partial charge is 0.465 e. The molecule has 5 nitrogen and oxygen atoms in total. The minimum Gasteiger partial charge on any atom is -0.465 e. The van der Waals surface area contributed by atoms with Crippen LogP contribution in [0.2, 0.25) is 0 Å². The maximum Gasteiger partial charge on any atom is 0.417 e. The molecule has 0 saturated carbocycles. The Balaban J connectivity index is 3.96. The fourth-order valence-corrected chi connectivity index (χ4v) is 2.21. The monoisotopic (exact) mass is 363 g/mol. The highest BCUT2D eigenvalue weighted by atomic mass is 19.4. The average Bonchev–Trinajstić information content (AvgIpc) is 2.57. The Labute approximate surface area is 141 Å². The van der Waals surface area contributed by atoms with E-state index in [1.54, 1.807) is 0 Å². The second-order valence-corrected chi connectivity index (χ2v) is 5.25. The van der Waals surface area contributed by atoms with E-state index in [1.165, 1.54) is 6.92 Å². The van der Waals surface area contributed by atoms with Crippen molar-refractivity contribution in [3.63, 3.8) is 0 Å². The highest BCUT2D eigenvalue weighted by Gasteiger charge is 2.42. The standard InChI is InChI=1S/C16H17F4NO4/c1-8(2)15(17,7-22)11-6-10(14(24)25-4)12(16(18,19)20)5-9(11)13(23)21-3/h5-6,22H,1,7H2,2-4H3,(H,21,23). The summed E-state index contributed by atoms with van der Waals surface area (Å²) in [6, 6.07) is 0.914. The summed E-state index contributed by atoms with van der Waals surface area (Å²) in [5, 5.41) is 11.5. The van der Waals surface area contributed by atoms with Crippen molar-refractivity contribution in [1.82, 2.24) is 5.32 Å². The predicted molar refractivity (Wildman–Crippen MR) is 80.9 cm³/mol. The zero-order valence-electron chi connectivity index (χ0n) is 13.8. The maximum atomic E-state index is 15.1. The van der Waals surface area contributed by atoms with E-state index in [4.69, 9.17) is 0 Å². The van der Waals surface area contributed by atoms with Gasteiger partial charge in [-0.05, 0) is 24.6 Å². The summed E-state index contributed by atoms with van der Waals surface area (Å²) >= 11 is 0. The summed E-state index contributed by atoms with van der Waals surface area (Å²) < 4.78 is 59.2. The molecule has 0 saturated heterocycles. The fraction of sp³-hybridized carbons (Fsp3) is 0.375. The maximum absolute atomic E-state index is 15.1. The Hall–Kier alpha value is -2.42. The number of carbonyl (C=O) groups excluding carboxylic acids is 2. The normalized spacial score (nSPS) is 13.8. The summed E-state index contributed by atoms with van der Waals surface area (Å²) in [5.74, 6) is -2.38. The van der Waals surface area contributed by atoms with Gasteiger partial charge in [0, 0.05) is 18.2 Å². The van der Waals surface area contributed by atoms with Crippen molar-refractivity contribution < 1.29 is 37.0 Å². The quantitative estimate of drug-likeness (QED) is 0.479. The Morgan fingerprint density at radius 2 is 1.72 bits per heavy atom. The lowest BCUT2D eigenvalue weighted by atomic mass is 9.84. The van der Waals surface area contributed by atoms with E-state index < -0.39 is 52.6 Å². The van der Waals surface area contributed by atoms with Crippen LogP contribution in [0, 0.1) is 0 Å². The van der Waals surface area contributed by atoms with Gasteiger partial charge in [-0.3, -0.25) is 4.79 Å². The van der Waals surface area contributed by atoms with Crippen LogP contribution in [-0.2, 0) is 16.6 Å². The minimum atomic E-state index is -4.99. The number of nitrogens with one attached hydrogen (secondary N) is 1. The van der Waals surface area contributed by atoms with Gasteiger partial charge in [0.05, 0.1) is 24.8 Å². The van der Waals surface area contributed by atoms with Gasteiger partial charge in [-0.15, -0.1) is 0 Å². The molecule has 0 aliphatic heterocycles. The summed E-state index contributed by atoms with van der Waals surface area (Å²) in [5.41, 5.74) is -6.71. The van der Waals surface area contributed by atoms with Gasteiger partial charge < -0.3 is 15.2 Å². The van der Waals surface area contributed by atoms with Crippen LogP contribution in [0.25, 0.3) is 0 Å². The van der Waals surface area contributed by atoms with Crippen molar-refractivity contribution in [2.45, 2.75) is 18.8 Å². The van der Waals surface area contributed by atoms with Crippen molar-refractivity contribution in [2.24, 2.45) is 0 Å². The Morgan fingerprint density at radius 3 is 2.08 bits per heavy atom. The van der Waals surface area contributed by atoms with Gasteiger partial charge in [-0.2, -0.15) is 13.2 Å². The Bertz CT molecular complexity index is 715. The number of rotatable bonds is 5. The number of benzene rings is 1. The second-order valence-electron chi connectivity index (χ2n) is 5.25. The first-order valence-electron chi connectivity index (χ1n) is 6.95.